The molecule has 24 heavy (non-hydrogen) atoms. The number of phenols is 1. The summed E-state index contributed by atoms with van der Waals surface area (Å²) in [6.07, 6.45) is 0. The van der Waals surface area contributed by atoms with E-state index in [-0.39, 0.29) is 11.7 Å². The molecule has 1 saturated heterocycles. The molecule has 1 heterocycles. The molecule has 1 aliphatic heterocycles. The monoisotopic (exact) mass is 329 g/mol. The van der Waals surface area contributed by atoms with Crippen LogP contribution in [0, 0.1) is 0 Å². The molecule has 0 spiro atoms. The first-order chi connectivity index (χ1) is 11.4. The fourth-order valence-electron chi connectivity index (χ4n) is 3.23. The van der Waals surface area contributed by atoms with E-state index in [2.05, 4.69) is 24.3 Å². The number of hydrogen-bond donors (Lipinski definition) is 3. The molecule has 6 nitrogen and oxygen atoms in total. The highest BCUT2D eigenvalue weighted by atomic mass is 16.3. The fraction of sp³-hybridized carbons (Fsp3) is 0.389. The molecule has 6 heteroatoms. The molecule has 0 bridgehead atoms. The van der Waals surface area contributed by atoms with Gasteiger partial charge in [-0.15, -0.1) is 0 Å². The van der Waals surface area contributed by atoms with E-state index in [4.69, 9.17) is 5.73 Å². The summed E-state index contributed by atoms with van der Waals surface area (Å²) in [7, 11) is 4.20. The minimum Gasteiger partial charge on any atom is -0.505 e. The van der Waals surface area contributed by atoms with Crippen LogP contribution in [0.3, 0.4) is 0 Å². The van der Waals surface area contributed by atoms with Gasteiger partial charge in [-0.25, -0.2) is 0 Å². The Morgan fingerprint density at radius 1 is 1.29 bits per heavy atom. The molecule has 2 aromatic carbocycles. The molecular weight excluding hydrogens is 304 g/mol. The van der Waals surface area contributed by atoms with Crippen LogP contribution >= 0.6 is 0 Å². The second-order valence-electron chi connectivity index (χ2n) is 6.98. The largest absolute Gasteiger partial charge is 0.505 e. The van der Waals surface area contributed by atoms with Crippen LogP contribution in [-0.2, 0) is 4.79 Å². The number of anilines is 2. The Bertz CT molecular complexity index is 767. The summed E-state index contributed by atoms with van der Waals surface area (Å²) in [6, 6.07) is 9.04. The molecule has 2 aromatic rings. The van der Waals surface area contributed by atoms with Gasteiger partial charge in [0.2, 0.25) is 0 Å². The second kappa shape index (κ2) is 6.30. The number of benzene rings is 2. The number of likely N-dealkylation sites (N-methyl/N-ethyl adjacent to an activating group) is 2. The van der Waals surface area contributed by atoms with Crippen LogP contribution < -0.4 is 11.1 Å². The number of fused-ring (bicyclic) bond motifs is 1. The highest BCUT2D eigenvalue weighted by molar-refractivity contribution is 6.04. The van der Waals surface area contributed by atoms with Crippen LogP contribution in [0.5, 0.6) is 5.75 Å². The van der Waals surface area contributed by atoms with Crippen LogP contribution in [0.1, 0.15) is 0 Å². The average Bonchev–Trinajstić information content (AvgIpc) is 2.53. The van der Waals surface area contributed by atoms with Crippen LogP contribution in [-0.4, -0.2) is 67.2 Å². The molecule has 0 atom stereocenters. The Labute approximate surface area is 142 Å². The Hall–Kier alpha value is -2.31. The lowest BCUT2D eigenvalue weighted by Gasteiger charge is -2.40. The zero-order valence-corrected chi connectivity index (χ0v) is 14.2. The van der Waals surface area contributed by atoms with Crippen molar-refractivity contribution in [3.8, 4) is 5.75 Å². The number of amides is 1. The van der Waals surface area contributed by atoms with E-state index in [1.165, 1.54) is 0 Å². The molecule has 4 N–H and O–H groups in total. The van der Waals surface area contributed by atoms with Gasteiger partial charge in [0, 0.05) is 24.2 Å². The summed E-state index contributed by atoms with van der Waals surface area (Å²) in [5.74, 6) is -0.0637. The van der Waals surface area contributed by atoms with Crippen molar-refractivity contribution in [1.29, 1.82) is 0 Å². The lowest BCUT2D eigenvalue weighted by atomic mass is 10.1. The van der Waals surface area contributed by atoms with Gasteiger partial charge in [0.05, 0.1) is 25.8 Å². The summed E-state index contributed by atoms with van der Waals surface area (Å²) >= 11 is 0. The zero-order valence-electron chi connectivity index (χ0n) is 14.2. The van der Waals surface area contributed by atoms with Crippen molar-refractivity contribution >= 4 is 28.1 Å². The maximum atomic E-state index is 12.5. The first-order valence-electron chi connectivity index (χ1n) is 8.20. The average molecular weight is 329 g/mol. The number of hydrogen-bond acceptors (Lipinski definition) is 4. The van der Waals surface area contributed by atoms with E-state index in [1.54, 1.807) is 12.1 Å². The Kier molecular flexibility index (Phi) is 4.34. The minimum absolute atomic E-state index is 0.0278. The maximum Gasteiger partial charge on any atom is 0.279 e. The Balaban J connectivity index is 1.76. The number of aromatic hydroxyl groups is 1. The van der Waals surface area contributed by atoms with Crippen LogP contribution in [0.2, 0.25) is 0 Å². The topological polar surface area (TPSA) is 78.6 Å². The molecule has 1 aliphatic rings. The lowest BCUT2D eigenvalue weighted by molar-refractivity contribution is -0.905. The molecule has 0 aromatic heterocycles. The molecule has 0 saturated carbocycles. The van der Waals surface area contributed by atoms with Crippen molar-refractivity contribution in [3.05, 3.63) is 30.3 Å². The first-order valence-corrected chi connectivity index (χ1v) is 8.20. The predicted molar refractivity (Wildman–Crippen MR) is 96.9 cm³/mol. The highest BCUT2D eigenvalue weighted by Crippen LogP contribution is 2.36. The van der Waals surface area contributed by atoms with Gasteiger partial charge in [0.1, 0.15) is 5.75 Å². The zero-order chi connectivity index (χ0) is 17.3. The number of nitrogen functional groups attached to an aromatic ring is 1. The normalized spacial score (nSPS) is 17.8. The molecule has 3 rings (SSSR count). The standard InChI is InChI=1S/C18H24N4O2/c1-21-8-10-22(2,11-9-21)12-16(23)20-15-7-6-13-4-3-5-14(19)17(13)18(15)24/h3-7H,8-12,19H2,1-2H3,(H-,20,23,24)/p+1. The molecule has 0 radical (unpaired) electrons. The first kappa shape index (κ1) is 16.5. The van der Waals surface area contributed by atoms with Gasteiger partial charge < -0.3 is 20.6 Å². The van der Waals surface area contributed by atoms with Crippen LogP contribution in [0.15, 0.2) is 30.3 Å². The van der Waals surface area contributed by atoms with Crippen molar-refractivity contribution < 1.29 is 14.4 Å². The van der Waals surface area contributed by atoms with Crippen molar-refractivity contribution in [2.45, 2.75) is 0 Å². The molecule has 0 aliphatic carbocycles. The number of piperazine rings is 1. The third-order valence-electron chi connectivity index (χ3n) is 4.89. The third kappa shape index (κ3) is 3.29. The van der Waals surface area contributed by atoms with Crippen LogP contribution in [0.25, 0.3) is 10.8 Å². The van der Waals surface area contributed by atoms with Gasteiger partial charge in [-0.3, -0.25) is 9.69 Å². The van der Waals surface area contributed by atoms with Gasteiger partial charge in [-0.2, -0.15) is 0 Å². The number of nitrogens with two attached hydrogens (primary N) is 1. The summed E-state index contributed by atoms with van der Waals surface area (Å²) < 4.78 is 0.715. The summed E-state index contributed by atoms with van der Waals surface area (Å²) in [4.78, 5) is 14.7. The summed E-state index contributed by atoms with van der Waals surface area (Å²) in [6.45, 7) is 4.26. The summed E-state index contributed by atoms with van der Waals surface area (Å²) in [5.41, 5.74) is 6.87. The van der Waals surface area contributed by atoms with E-state index >= 15 is 0 Å². The van der Waals surface area contributed by atoms with Gasteiger partial charge in [0.15, 0.2) is 6.54 Å². The predicted octanol–water partition coefficient (Wildman–Crippen LogP) is 1.46. The van der Waals surface area contributed by atoms with Crippen molar-refractivity contribution in [2.75, 3.05) is 57.9 Å². The number of quaternary nitrogens is 1. The number of nitrogens with zero attached hydrogens (tertiary/aromatic N) is 2. The molecular formula is C18H25N4O2+. The third-order valence-corrected chi connectivity index (χ3v) is 4.89. The highest BCUT2D eigenvalue weighted by Gasteiger charge is 2.30. The van der Waals surface area contributed by atoms with Gasteiger partial charge in [0.25, 0.3) is 5.91 Å². The number of carbonyl (C=O) groups is 1. The van der Waals surface area contributed by atoms with Crippen molar-refractivity contribution in [2.24, 2.45) is 0 Å². The van der Waals surface area contributed by atoms with E-state index in [1.807, 2.05) is 18.2 Å². The molecule has 1 fully saturated rings. The quantitative estimate of drug-likeness (QED) is 0.452. The number of phenolic OH excluding ortho intramolecular Hbond substituents is 1. The van der Waals surface area contributed by atoms with Gasteiger partial charge >= 0.3 is 0 Å². The van der Waals surface area contributed by atoms with E-state index in [0.717, 1.165) is 31.6 Å². The number of nitrogens with one attached hydrogen (secondary N) is 1. The lowest BCUT2D eigenvalue weighted by Crippen LogP contribution is -2.58. The smallest absolute Gasteiger partial charge is 0.279 e. The Morgan fingerprint density at radius 3 is 2.71 bits per heavy atom. The SMILES string of the molecule is CN1CC[N+](C)(CC(=O)Nc2ccc3cccc(N)c3c2O)CC1. The molecule has 0 unspecified atom stereocenters. The number of rotatable bonds is 3. The van der Waals surface area contributed by atoms with Gasteiger partial charge in [-0.05, 0) is 24.6 Å². The number of carbonyl (C=O) groups excluding carboxylic acids is 1. The maximum absolute atomic E-state index is 12.5. The molecule has 1 amide bonds. The molecule has 128 valence electrons. The van der Waals surface area contributed by atoms with E-state index in [0.29, 0.717) is 27.8 Å². The van der Waals surface area contributed by atoms with Gasteiger partial charge in [-0.1, -0.05) is 18.2 Å². The fourth-order valence-corrected chi connectivity index (χ4v) is 3.23. The Morgan fingerprint density at radius 2 is 2.00 bits per heavy atom. The van der Waals surface area contributed by atoms with Crippen molar-refractivity contribution in [1.82, 2.24) is 4.90 Å². The minimum atomic E-state index is -0.0915. The van der Waals surface area contributed by atoms with E-state index < -0.39 is 0 Å². The summed E-state index contributed by atoms with van der Waals surface area (Å²) in [5, 5.41) is 14.7. The van der Waals surface area contributed by atoms with Crippen molar-refractivity contribution in [3.63, 3.8) is 0 Å². The second-order valence-corrected chi connectivity index (χ2v) is 6.98. The van der Waals surface area contributed by atoms with Crippen LogP contribution in [0.4, 0.5) is 11.4 Å². The van der Waals surface area contributed by atoms with E-state index in [9.17, 15) is 9.90 Å².